The molecular formula is C12H17ClN2O2. The second-order valence-electron chi connectivity index (χ2n) is 4.41. The van der Waals surface area contributed by atoms with E-state index in [1.165, 1.54) is 12.1 Å². The number of carboxylic acids is 1. The molecule has 0 unspecified atom stereocenters. The Morgan fingerprint density at radius 3 is 2.71 bits per heavy atom. The van der Waals surface area contributed by atoms with Gasteiger partial charge in [0.1, 0.15) is 16.5 Å². The largest absolute Gasteiger partial charge is 0.478 e. The summed E-state index contributed by atoms with van der Waals surface area (Å²) >= 11 is 5.80. The van der Waals surface area contributed by atoms with Crippen LogP contribution in [0.5, 0.6) is 0 Å². The summed E-state index contributed by atoms with van der Waals surface area (Å²) < 4.78 is 0. The first-order valence-corrected chi connectivity index (χ1v) is 5.90. The van der Waals surface area contributed by atoms with Crippen molar-refractivity contribution in [2.24, 2.45) is 5.92 Å². The second-order valence-corrected chi connectivity index (χ2v) is 4.80. The fourth-order valence-electron chi connectivity index (χ4n) is 1.44. The highest BCUT2D eigenvalue weighted by atomic mass is 35.5. The Labute approximate surface area is 106 Å². The molecule has 0 amide bonds. The van der Waals surface area contributed by atoms with Crippen molar-refractivity contribution >= 4 is 23.4 Å². The van der Waals surface area contributed by atoms with Crippen LogP contribution in [0.2, 0.25) is 5.15 Å². The van der Waals surface area contributed by atoms with Gasteiger partial charge in [-0.3, -0.25) is 0 Å². The minimum atomic E-state index is -0.986. The van der Waals surface area contributed by atoms with Crippen LogP contribution in [0, 0.1) is 5.92 Å². The molecule has 0 fully saturated rings. The van der Waals surface area contributed by atoms with Gasteiger partial charge in [-0.2, -0.15) is 0 Å². The standard InChI is InChI=1S/C12H17ClN2O2/c1-8(2)6-7-15(3)11-9(12(16)17)4-5-10(13)14-11/h4-5,8H,6-7H2,1-3H3,(H,16,17). The van der Waals surface area contributed by atoms with Crippen LogP contribution in [-0.2, 0) is 0 Å². The molecule has 94 valence electrons. The molecule has 1 N–H and O–H groups in total. The number of carbonyl (C=O) groups is 1. The van der Waals surface area contributed by atoms with E-state index in [1.807, 2.05) is 11.9 Å². The van der Waals surface area contributed by atoms with Crippen LogP contribution in [0.3, 0.4) is 0 Å². The molecule has 0 spiro atoms. The number of aromatic nitrogens is 1. The Bertz CT molecular complexity index is 407. The molecule has 0 aliphatic heterocycles. The van der Waals surface area contributed by atoms with Gasteiger partial charge in [0.05, 0.1) is 0 Å². The zero-order valence-corrected chi connectivity index (χ0v) is 11.0. The SMILES string of the molecule is CC(C)CCN(C)c1nc(Cl)ccc1C(=O)O. The van der Waals surface area contributed by atoms with Gasteiger partial charge >= 0.3 is 5.97 Å². The smallest absolute Gasteiger partial charge is 0.339 e. The van der Waals surface area contributed by atoms with E-state index in [4.69, 9.17) is 16.7 Å². The zero-order valence-electron chi connectivity index (χ0n) is 10.3. The lowest BCUT2D eigenvalue weighted by Crippen LogP contribution is -2.23. The number of carboxylic acid groups (broad SMARTS) is 1. The average Bonchev–Trinajstić information content (AvgIpc) is 2.25. The van der Waals surface area contributed by atoms with Gasteiger partial charge in [-0.1, -0.05) is 25.4 Å². The van der Waals surface area contributed by atoms with E-state index in [0.717, 1.165) is 13.0 Å². The summed E-state index contributed by atoms with van der Waals surface area (Å²) in [5.74, 6) is -0.00359. The Morgan fingerprint density at radius 2 is 2.18 bits per heavy atom. The van der Waals surface area contributed by atoms with Gasteiger partial charge in [0.2, 0.25) is 0 Å². The van der Waals surface area contributed by atoms with E-state index in [-0.39, 0.29) is 5.56 Å². The summed E-state index contributed by atoms with van der Waals surface area (Å²) in [5.41, 5.74) is 0.181. The van der Waals surface area contributed by atoms with Gasteiger partial charge in [0.25, 0.3) is 0 Å². The van der Waals surface area contributed by atoms with Crippen molar-refractivity contribution in [2.75, 3.05) is 18.5 Å². The van der Waals surface area contributed by atoms with Crippen molar-refractivity contribution in [3.8, 4) is 0 Å². The number of nitrogens with zero attached hydrogens (tertiary/aromatic N) is 2. The minimum Gasteiger partial charge on any atom is -0.478 e. The molecule has 0 aromatic carbocycles. The number of hydrogen-bond donors (Lipinski definition) is 1. The second kappa shape index (κ2) is 5.87. The molecule has 5 heteroatoms. The highest BCUT2D eigenvalue weighted by molar-refractivity contribution is 6.29. The quantitative estimate of drug-likeness (QED) is 0.823. The molecule has 0 aliphatic carbocycles. The summed E-state index contributed by atoms with van der Waals surface area (Å²) in [6.07, 6.45) is 0.976. The van der Waals surface area contributed by atoms with Gasteiger partial charge in [0.15, 0.2) is 0 Å². The summed E-state index contributed by atoms with van der Waals surface area (Å²) in [6, 6.07) is 2.98. The van der Waals surface area contributed by atoms with Crippen LogP contribution in [0.25, 0.3) is 0 Å². The third kappa shape index (κ3) is 3.89. The van der Waals surface area contributed by atoms with Gasteiger partial charge in [0, 0.05) is 13.6 Å². The molecule has 1 aromatic rings. The minimum absolute atomic E-state index is 0.181. The Hall–Kier alpha value is -1.29. The van der Waals surface area contributed by atoms with Gasteiger partial charge in [-0.05, 0) is 24.5 Å². The Kier molecular flexibility index (Phi) is 4.75. The van der Waals surface area contributed by atoms with Crippen LogP contribution >= 0.6 is 11.6 Å². The number of anilines is 1. The predicted octanol–water partition coefficient (Wildman–Crippen LogP) is 2.92. The van der Waals surface area contributed by atoms with Gasteiger partial charge < -0.3 is 10.0 Å². The molecule has 0 bridgehead atoms. The molecule has 4 nitrogen and oxygen atoms in total. The lowest BCUT2D eigenvalue weighted by molar-refractivity contribution is 0.0697. The summed E-state index contributed by atoms with van der Waals surface area (Å²) in [7, 11) is 1.83. The highest BCUT2D eigenvalue weighted by Crippen LogP contribution is 2.20. The van der Waals surface area contributed by atoms with Crippen LogP contribution in [0.1, 0.15) is 30.6 Å². The number of aromatic carboxylic acids is 1. The zero-order chi connectivity index (χ0) is 13.0. The molecule has 0 atom stereocenters. The highest BCUT2D eigenvalue weighted by Gasteiger charge is 2.15. The average molecular weight is 257 g/mol. The molecule has 17 heavy (non-hydrogen) atoms. The maximum atomic E-state index is 11.1. The van der Waals surface area contributed by atoms with E-state index < -0.39 is 5.97 Å². The first-order valence-electron chi connectivity index (χ1n) is 5.52. The first kappa shape index (κ1) is 13.8. The third-order valence-corrected chi connectivity index (χ3v) is 2.69. The van der Waals surface area contributed by atoms with E-state index in [0.29, 0.717) is 16.9 Å². The van der Waals surface area contributed by atoms with Crippen LogP contribution in [-0.4, -0.2) is 29.7 Å². The summed E-state index contributed by atoms with van der Waals surface area (Å²) in [6.45, 7) is 5.00. The Morgan fingerprint density at radius 1 is 1.53 bits per heavy atom. The fraction of sp³-hybridized carbons (Fsp3) is 0.500. The molecular weight excluding hydrogens is 240 g/mol. The first-order chi connectivity index (χ1) is 7.91. The van der Waals surface area contributed by atoms with Crippen molar-refractivity contribution in [3.05, 3.63) is 22.8 Å². The lowest BCUT2D eigenvalue weighted by Gasteiger charge is -2.21. The maximum absolute atomic E-state index is 11.1. The van der Waals surface area contributed by atoms with Crippen molar-refractivity contribution in [1.29, 1.82) is 0 Å². The van der Waals surface area contributed by atoms with Crippen molar-refractivity contribution in [1.82, 2.24) is 4.98 Å². The molecule has 0 saturated heterocycles. The molecule has 0 saturated carbocycles. The van der Waals surface area contributed by atoms with Crippen LogP contribution in [0.4, 0.5) is 5.82 Å². The van der Waals surface area contributed by atoms with Crippen molar-refractivity contribution in [3.63, 3.8) is 0 Å². The van der Waals surface area contributed by atoms with Crippen molar-refractivity contribution < 1.29 is 9.90 Å². The van der Waals surface area contributed by atoms with E-state index in [9.17, 15) is 4.79 Å². The normalized spacial score (nSPS) is 10.6. The molecule has 0 radical (unpaired) electrons. The maximum Gasteiger partial charge on any atom is 0.339 e. The number of halogens is 1. The van der Waals surface area contributed by atoms with E-state index >= 15 is 0 Å². The molecule has 1 aromatic heterocycles. The van der Waals surface area contributed by atoms with Gasteiger partial charge in [-0.15, -0.1) is 0 Å². The molecule has 0 aliphatic rings. The number of rotatable bonds is 5. The monoisotopic (exact) mass is 256 g/mol. The Balaban J connectivity index is 2.94. The predicted molar refractivity (Wildman–Crippen MR) is 68.9 cm³/mol. The third-order valence-electron chi connectivity index (χ3n) is 2.47. The summed E-state index contributed by atoms with van der Waals surface area (Å²) in [5, 5.41) is 9.38. The molecule has 1 heterocycles. The van der Waals surface area contributed by atoms with Crippen molar-refractivity contribution in [2.45, 2.75) is 20.3 Å². The van der Waals surface area contributed by atoms with E-state index in [1.54, 1.807) is 0 Å². The summed E-state index contributed by atoms with van der Waals surface area (Å²) in [4.78, 5) is 17.0. The lowest BCUT2D eigenvalue weighted by atomic mass is 10.1. The topological polar surface area (TPSA) is 53.4 Å². The van der Waals surface area contributed by atoms with E-state index in [2.05, 4.69) is 18.8 Å². The molecule has 1 rings (SSSR count). The number of hydrogen-bond acceptors (Lipinski definition) is 3. The fourth-order valence-corrected chi connectivity index (χ4v) is 1.58. The number of pyridine rings is 1. The van der Waals surface area contributed by atoms with Crippen LogP contribution in [0.15, 0.2) is 12.1 Å². The van der Waals surface area contributed by atoms with Crippen LogP contribution < -0.4 is 4.90 Å². The van der Waals surface area contributed by atoms with Gasteiger partial charge in [-0.25, -0.2) is 9.78 Å².